The first kappa shape index (κ1) is 66.5. The maximum atomic E-state index is 12.9. The number of aliphatic hydroxyl groups is 3. The zero-order valence-electron chi connectivity index (χ0n) is 44.2. The second-order valence-electron chi connectivity index (χ2n) is 18.1. The van der Waals surface area contributed by atoms with Crippen LogP contribution in [0.3, 0.4) is 0 Å². The summed E-state index contributed by atoms with van der Waals surface area (Å²) in [4.78, 5) is 12.9. The molecule has 0 aromatic carbocycles. The van der Waals surface area contributed by atoms with Gasteiger partial charge in [0.1, 0.15) is 30.5 Å². The normalized spacial score (nSPS) is 19.9. The highest BCUT2D eigenvalue weighted by atomic mass is 32.3. The van der Waals surface area contributed by atoms with Gasteiger partial charge in [0.25, 0.3) is 0 Å². The Morgan fingerprint density at radius 3 is 1.40 bits per heavy atom. The lowest BCUT2D eigenvalue weighted by molar-refractivity contribution is -0.301. The Labute approximate surface area is 436 Å². The molecule has 1 rings (SSSR count). The molecule has 410 valence electrons. The zero-order valence-corrected chi connectivity index (χ0v) is 45.0. The topological polar surface area (TPSA) is 178 Å². The van der Waals surface area contributed by atoms with Gasteiger partial charge in [0.15, 0.2) is 6.29 Å². The Kier molecular flexibility index (Phi) is 44.7. The van der Waals surface area contributed by atoms with Gasteiger partial charge in [0.2, 0.25) is 0 Å². The number of unbranched alkanes of at least 4 members (excludes halogenated alkanes) is 13. The van der Waals surface area contributed by atoms with Gasteiger partial charge >= 0.3 is 16.4 Å². The van der Waals surface area contributed by atoms with Crippen LogP contribution in [-0.4, -0.2) is 97.5 Å². The van der Waals surface area contributed by atoms with Gasteiger partial charge < -0.3 is 34.3 Å². The maximum absolute atomic E-state index is 12.9. The van der Waals surface area contributed by atoms with Crippen molar-refractivity contribution >= 4 is 16.4 Å². The fraction of sp³-hybridized carbons (Fsp3) is 0.644. The molecule has 72 heavy (non-hydrogen) atoms. The summed E-state index contributed by atoms with van der Waals surface area (Å²) >= 11 is 0. The lowest BCUT2D eigenvalue weighted by atomic mass is 9.99. The molecule has 0 amide bonds. The van der Waals surface area contributed by atoms with Crippen molar-refractivity contribution in [1.82, 2.24) is 0 Å². The molecular formula is C59H96O12S. The summed E-state index contributed by atoms with van der Waals surface area (Å²) in [7, 11) is -5.08. The minimum atomic E-state index is -5.08. The molecule has 1 aliphatic heterocycles. The Bertz CT molecular complexity index is 1710. The molecule has 6 unspecified atom stereocenters. The summed E-state index contributed by atoms with van der Waals surface area (Å²) in [5.74, 6) is -0.465. The van der Waals surface area contributed by atoms with E-state index in [1.807, 2.05) is 6.08 Å². The number of esters is 1. The lowest BCUT2D eigenvalue weighted by Crippen LogP contribution is -2.60. The molecule has 0 spiro atoms. The fourth-order valence-corrected chi connectivity index (χ4v) is 8.00. The van der Waals surface area contributed by atoms with Crippen LogP contribution in [0.4, 0.5) is 0 Å². The van der Waals surface area contributed by atoms with Crippen LogP contribution in [0.5, 0.6) is 0 Å². The molecule has 1 saturated heterocycles. The van der Waals surface area contributed by atoms with Crippen molar-refractivity contribution in [3.63, 3.8) is 0 Å². The quantitative estimate of drug-likeness (QED) is 0.0197. The van der Waals surface area contributed by atoms with Gasteiger partial charge in [-0.05, 0) is 103 Å². The number of ether oxygens (including phenoxy) is 4. The summed E-state index contributed by atoms with van der Waals surface area (Å²) in [5.41, 5.74) is 0. The molecule has 0 aromatic heterocycles. The van der Waals surface area contributed by atoms with Gasteiger partial charge in [-0.25, -0.2) is 4.18 Å². The van der Waals surface area contributed by atoms with Crippen LogP contribution in [0.1, 0.15) is 181 Å². The Morgan fingerprint density at radius 2 is 0.958 bits per heavy atom. The lowest BCUT2D eigenvalue weighted by Gasteiger charge is -2.41. The minimum absolute atomic E-state index is 0.00295. The first-order valence-electron chi connectivity index (χ1n) is 27.3. The van der Waals surface area contributed by atoms with E-state index in [1.54, 1.807) is 0 Å². The monoisotopic (exact) mass is 1030 g/mol. The van der Waals surface area contributed by atoms with Crippen LogP contribution in [0, 0.1) is 0 Å². The van der Waals surface area contributed by atoms with Crippen LogP contribution in [0.15, 0.2) is 122 Å². The smallest absolute Gasteiger partial charge is 0.397 e. The minimum Gasteiger partial charge on any atom is -0.457 e. The highest BCUT2D eigenvalue weighted by molar-refractivity contribution is 7.80. The predicted octanol–water partition coefficient (Wildman–Crippen LogP) is 13.3. The Morgan fingerprint density at radius 1 is 0.542 bits per heavy atom. The van der Waals surface area contributed by atoms with E-state index in [2.05, 4.69) is 133 Å². The summed E-state index contributed by atoms with van der Waals surface area (Å²) in [6.07, 6.45) is 60.9. The summed E-state index contributed by atoms with van der Waals surface area (Å²) < 4.78 is 59.3. The third kappa shape index (κ3) is 40.9. The van der Waals surface area contributed by atoms with Crippen molar-refractivity contribution in [2.24, 2.45) is 0 Å². The number of carbonyl (C=O) groups excluding carboxylic acids is 1. The van der Waals surface area contributed by atoms with E-state index in [1.165, 1.54) is 57.8 Å². The van der Waals surface area contributed by atoms with Gasteiger partial charge in [-0.1, -0.05) is 193 Å². The molecule has 12 nitrogen and oxygen atoms in total. The fourth-order valence-electron chi connectivity index (χ4n) is 7.49. The SMILES string of the molecule is CC/C=C\C/C=C\C/C=C\C/C=C\C/C=C\C/C=C\C/C=C\CCCC(=O)OC(COCCCCCCCCC/C=C\C/C=C\C/C=C\CCCCCCC)COC1OC(CO)C(O)C(OS(=O)(=O)O)C1O. The highest BCUT2D eigenvalue weighted by Crippen LogP contribution is 2.26. The number of rotatable bonds is 46. The third-order valence-electron chi connectivity index (χ3n) is 11.6. The van der Waals surface area contributed by atoms with Crippen molar-refractivity contribution in [2.45, 2.75) is 218 Å². The number of aliphatic hydroxyl groups excluding tert-OH is 3. The first-order valence-corrected chi connectivity index (χ1v) is 28.7. The van der Waals surface area contributed by atoms with Crippen molar-refractivity contribution in [3.05, 3.63) is 122 Å². The molecule has 0 radical (unpaired) electrons. The van der Waals surface area contributed by atoms with E-state index in [9.17, 15) is 33.1 Å². The molecule has 4 N–H and O–H groups in total. The average molecular weight is 1030 g/mol. The molecule has 1 aliphatic rings. The summed E-state index contributed by atoms with van der Waals surface area (Å²) in [5, 5.41) is 30.8. The largest absolute Gasteiger partial charge is 0.457 e. The van der Waals surface area contributed by atoms with Crippen LogP contribution < -0.4 is 0 Å². The summed E-state index contributed by atoms with van der Waals surface area (Å²) in [6, 6.07) is 0. The standard InChI is InChI=1S/C59H96O12S/c1-3-5-7-9-11-13-15-17-19-21-23-25-27-28-30-32-34-36-38-40-42-44-46-48-55(61)69-53(52-68-59-57(63)58(71-72(64,65)66)56(62)54(50-60)70-59)51-67-49-47-45-43-41-39-37-35-33-31-29-26-24-22-20-18-16-14-12-10-8-6-4-2/h5,7,11,13,16-19,22-25,28-31,34,36,40,42,53-54,56-60,62-63H,3-4,6,8-10,12,14-15,20-21,26-27,32-33,35,37-39,41,43-52H2,1-2H3,(H,64,65,66)/b7-5-,13-11-,18-16-,19-17-,24-22-,25-23-,30-28-,31-29-,36-34-,42-40-. The second kappa shape index (κ2) is 48.4. The molecule has 0 aromatic rings. The van der Waals surface area contributed by atoms with Gasteiger partial charge in [-0.2, -0.15) is 8.42 Å². The van der Waals surface area contributed by atoms with E-state index < -0.39 is 59.8 Å². The number of carbonyl (C=O) groups is 1. The van der Waals surface area contributed by atoms with Gasteiger partial charge in [-0.3, -0.25) is 9.35 Å². The summed E-state index contributed by atoms with van der Waals surface area (Å²) in [6.45, 7) is 3.76. The van der Waals surface area contributed by atoms with E-state index in [4.69, 9.17) is 18.9 Å². The van der Waals surface area contributed by atoms with Gasteiger partial charge in [0.05, 0.1) is 19.8 Å². The maximum Gasteiger partial charge on any atom is 0.397 e. The zero-order chi connectivity index (χ0) is 52.4. The molecule has 1 heterocycles. The van der Waals surface area contributed by atoms with Gasteiger partial charge in [0, 0.05) is 13.0 Å². The molecular weight excluding hydrogens is 933 g/mol. The molecule has 0 aliphatic carbocycles. The number of hydrogen-bond donors (Lipinski definition) is 4. The molecule has 0 saturated carbocycles. The third-order valence-corrected chi connectivity index (χ3v) is 12.0. The molecule has 6 atom stereocenters. The average Bonchev–Trinajstić information content (AvgIpc) is 3.36. The number of hydrogen-bond acceptors (Lipinski definition) is 11. The number of allylic oxidation sites excluding steroid dienone is 20. The van der Waals surface area contributed by atoms with Crippen LogP contribution >= 0.6 is 0 Å². The first-order chi connectivity index (χ1) is 35.1. The van der Waals surface area contributed by atoms with E-state index in [0.29, 0.717) is 19.4 Å². The van der Waals surface area contributed by atoms with Crippen LogP contribution in [0.2, 0.25) is 0 Å². The predicted molar refractivity (Wildman–Crippen MR) is 294 cm³/mol. The van der Waals surface area contributed by atoms with Crippen molar-refractivity contribution in [1.29, 1.82) is 0 Å². The van der Waals surface area contributed by atoms with E-state index in [0.717, 1.165) is 89.9 Å². The van der Waals surface area contributed by atoms with Crippen LogP contribution in [-0.2, 0) is 38.3 Å². The van der Waals surface area contributed by atoms with Crippen LogP contribution in [0.25, 0.3) is 0 Å². The van der Waals surface area contributed by atoms with Crippen molar-refractivity contribution in [3.8, 4) is 0 Å². The van der Waals surface area contributed by atoms with Crippen molar-refractivity contribution < 1.29 is 56.2 Å². The second-order valence-corrected chi connectivity index (χ2v) is 19.1. The van der Waals surface area contributed by atoms with E-state index in [-0.39, 0.29) is 19.6 Å². The molecule has 1 fully saturated rings. The van der Waals surface area contributed by atoms with Gasteiger partial charge in [-0.15, -0.1) is 0 Å². The Balaban J connectivity index is 2.41. The molecule has 0 bridgehead atoms. The highest BCUT2D eigenvalue weighted by Gasteiger charge is 2.48. The van der Waals surface area contributed by atoms with E-state index >= 15 is 0 Å². The van der Waals surface area contributed by atoms with Crippen molar-refractivity contribution in [2.75, 3.05) is 26.4 Å². The molecule has 13 heteroatoms. The Hall–Kier alpha value is -3.50.